The molecule has 0 atom stereocenters. The van der Waals surface area contributed by atoms with Gasteiger partial charge in [0.25, 0.3) is 0 Å². The van der Waals surface area contributed by atoms with Crippen molar-refractivity contribution < 1.29 is 18.3 Å². The van der Waals surface area contributed by atoms with E-state index in [4.69, 9.17) is 9.84 Å². The number of hydrogen-bond acceptors (Lipinski definition) is 5. The lowest BCUT2D eigenvalue weighted by Gasteiger charge is -2.22. The van der Waals surface area contributed by atoms with E-state index in [0.29, 0.717) is 5.69 Å². The summed E-state index contributed by atoms with van der Waals surface area (Å²) in [5.74, 6) is 0. The minimum absolute atomic E-state index is 0.0454. The Morgan fingerprint density at radius 1 is 1.32 bits per heavy atom. The van der Waals surface area contributed by atoms with Gasteiger partial charge in [0.15, 0.2) is 0 Å². The Bertz CT molecular complexity index is 490. The fourth-order valence-corrected chi connectivity index (χ4v) is 3.31. The summed E-state index contributed by atoms with van der Waals surface area (Å²) in [5.41, 5.74) is 0.530. The molecular weight excluding hydrogens is 268 g/mol. The number of rotatable bonds is 8. The van der Waals surface area contributed by atoms with Crippen LogP contribution in [0.4, 0.5) is 5.69 Å². The number of anilines is 1. The van der Waals surface area contributed by atoms with E-state index in [0.717, 1.165) is 0 Å². The Morgan fingerprint density at radius 3 is 2.58 bits per heavy atom. The molecule has 0 heterocycles. The highest BCUT2D eigenvalue weighted by atomic mass is 32.2. The molecule has 0 saturated heterocycles. The highest BCUT2D eigenvalue weighted by Crippen LogP contribution is 2.23. The Kier molecular flexibility index (Phi) is 6.23. The minimum atomic E-state index is -3.65. The Labute approximate surface area is 114 Å². The second-order valence-corrected chi connectivity index (χ2v) is 5.77. The van der Waals surface area contributed by atoms with Crippen LogP contribution in [-0.4, -0.2) is 58.3 Å². The molecule has 0 aliphatic heterocycles. The number of aliphatic hydroxyl groups is 1. The number of nitrogens with one attached hydrogen (secondary N) is 1. The molecule has 0 fully saturated rings. The van der Waals surface area contributed by atoms with Crippen molar-refractivity contribution in [2.24, 2.45) is 0 Å². The zero-order chi connectivity index (χ0) is 14.3. The molecule has 2 N–H and O–H groups in total. The van der Waals surface area contributed by atoms with Crippen molar-refractivity contribution in [3.63, 3.8) is 0 Å². The molecule has 1 rings (SSSR count). The van der Waals surface area contributed by atoms with Crippen LogP contribution in [0.1, 0.15) is 0 Å². The van der Waals surface area contributed by atoms with Crippen LogP contribution in [0.5, 0.6) is 0 Å². The van der Waals surface area contributed by atoms with E-state index in [2.05, 4.69) is 5.32 Å². The standard InChI is InChI=1S/C12H20N2O4S/c1-13-11-5-3-4-6-12(11)19(16,17)14(7-9-15)8-10-18-2/h3-6,13,15H,7-10H2,1-2H3. The Hall–Kier alpha value is -1.15. The summed E-state index contributed by atoms with van der Waals surface area (Å²) in [5, 5.41) is 11.9. The van der Waals surface area contributed by atoms with Crippen LogP contribution in [0.15, 0.2) is 29.2 Å². The predicted octanol–water partition coefficient (Wildman–Crippen LogP) is 0.358. The van der Waals surface area contributed by atoms with Crippen LogP contribution in [-0.2, 0) is 14.8 Å². The third kappa shape index (κ3) is 3.90. The first-order valence-corrected chi connectivity index (χ1v) is 7.38. The third-order valence-electron chi connectivity index (χ3n) is 2.67. The fourth-order valence-electron chi connectivity index (χ4n) is 1.69. The van der Waals surface area contributed by atoms with Gasteiger partial charge in [0.1, 0.15) is 4.90 Å². The summed E-state index contributed by atoms with van der Waals surface area (Å²) >= 11 is 0. The largest absolute Gasteiger partial charge is 0.395 e. The van der Waals surface area contributed by atoms with E-state index in [1.807, 2.05) is 0 Å². The van der Waals surface area contributed by atoms with Crippen LogP contribution in [0.3, 0.4) is 0 Å². The van der Waals surface area contributed by atoms with Crippen LogP contribution in [0, 0.1) is 0 Å². The normalized spacial score (nSPS) is 11.8. The van der Waals surface area contributed by atoms with Crippen LogP contribution in [0.25, 0.3) is 0 Å². The topological polar surface area (TPSA) is 78.9 Å². The van der Waals surface area contributed by atoms with E-state index in [9.17, 15) is 8.42 Å². The summed E-state index contributed by atoms with van der Waals surface area (Å²) in [7, 11) is -0.476. The maximum Gasteiger partial charge on any atom is 0.245 e. The summed E-state index contributed by atoms with van der Waals surface area (Å²) in [6.45, 7) is 0.298. The average Bonchev–Trinajstić information content (AvgIpc) is 2.43. The molecule has 0 spiro atoms. The number of benzene rings is 1. The lowest BCUT2D eigenvalue weighted by Crippen LogP contribution is -2.36. The van der Waals surface area contributed by atoms with Crippen molar-refractivity contribution in [2.45, 2.75) is 4.90 Å². The molecule has 0 amide bonds. The molecule has 0 saturated carbocycles. The number of nitrogens with zero attached hydrogens (tertiary/aromatic N) is 1. The number of aliphatic hydroxyl groups excluding tert-OH is 1. The molecule has 1 aromatic rings. The van der Waals surface area contributed by atoms with Crippen molar-refractivity contribution in [3.8, 4) is 0 Å². The molecule has 19 heavy (non-hydrogen) atoms. The molecule has 7 heteroatoms. The van der Waals surface area contributed by atoms with Gasteiger partial charge in [-0.1, -0.05) is 12.1 Å². The highest BCUT2D eigenvalue weighted by Gasteiger charge is 2.25. The molecule has 0 unspecified atom stereocenters. The second-order valence-electron chi connectivity index (χ2n) is 3.87. The molecule has 1 aromatic carbocycles. The van der Waals surface area contributed by atoms with Crippen molar-refractivity contribution in [1.29, 1.82) is 0 Å². The van der Waals surface area contributed by atoms with Gasteiger partial charge in [-0.15, -0.1) is 0 Å². The maximum atomic E-state index is 12.5. The van der Waals surface area contributed by atoms with Gasteiger partial charge in [-0.05, 0) is 12.1 Å². The monoisotopic (exact) mass is 288 g/mol. The van der Waals surface area contributed by atoms with E-state index in [-0.39, 0.29) is 31.2 Å². The van der Waals surface area contributed by atoms with Crippen LogP contribution < -0.4 is 5.32 Å². The molecule has 0 bridgehead atoms. The van der Waals surface area contributed by atoms with E-state index in [1.165, 1.54) is 11.4 Å². The summed E-state index contributed by atoms with van der Waals surface area (Å²) in [4.78, 5) is 0.196. The summed E-state index contributed by atoms with van der Waals surface area (Å²) in [6.07, 6.45) is 0. The molecule has 0 aromatic heterocycles. The zero-order valence-electron chi connectivity index (χ0n) is 11.2. The van der Waals surface area contributed by atoms with Gasteiger partial charge >= 0.3 is 0 Å². The maximum absolute atomic E-state index is 12.5. The first kappa shape index (κ1) is 15.9. The number of ether oxygens (including phenoxy) is 1. The minimum Gasteiger partial charge on any atom is -0.395 e. The third-order valence-corrected chi connectivity index (χ3v) is 4.63. The Morgan fingerprint density at radius 2 is 2.00 bits per heavy atom. The van der Waals surface area contributed by atoms with Gasteiger partial charge in [0, 0.05) is 27.2 Å². The number of methoxy groups -OCH3 is 1. The number of hydrogen-bond donors (Lipinski definition) is 2. The van der Waals surface area contributed by atoms with Gasteiger partial charge in [-0.2, -0.15) is 4.31 Å². The van der Waals surface area contributed by atoms with Gasteiger partial charge < -0.3 is 15.2 Å². The predicted molar refractivity (Wildman–Crippen MR) is 73.7 cm³/mol. The SMILES string of the molecule is CNc1ccccc1S(=O)(=O)N(CCO)CCOC. The van der Waals surface area contributed by atoms with E-state index in [1.54, 1.807) is 31.3 Å². The smallest absolute Gasteiger partial charge is 0.245 e. The summed E-state index contributed by atoms with van der Waals surface area (Å²) < 4.78 is 31.2. The zero-order valence-corrected chi connectivity index (χ0v) is 12.0. The molecule has 6 nitrogen and oxygen atoms in total. The number of sulfonamides is 1. The van der Waals surface area contributed by atoms with Gasteiger partial charge in [0.2, 0.25) is 10.0 Å². The summed E-state index contributed by atoms with van der Waals surface area (Å²) in [6, 6.07) is 6.66. The van der Waals surface area contributed by atoms with E-state index < -0.39 is 10.0 Å². The van der Waals surface area contributed by atoms with Crippen molar-refractivity contribution >= 4 is 15.7 Å². The Balaban J connectivity index is 3.11. The molecular formula is C12H20N2O4S. The highest BCUT2D eigenvalue weighted by molar-refractivity contribution is 7.89. The van der Waals surface area contributed by atoms with Crippen molar-refractivity contribution in [3.05, 3.63) is 24.3 Å². The van der Waals surface area contributed by atoms with Gasteiger partial charge in [0.05, 0.1) is 18.9 Å². The average molecular weight is 288 g/mol. The van der Waals surface area contributed by atoms with Gasteiger partial charge in [-0.25, -0.2) is 8.42 Å². The van der Waals surface area contributed by atoms with E-state index >= 15 is 0 Å². The second kappa shape index (κ2) is 7.44. The fraction of sp³-hybridized carbons (Fsp3) is 0.500. The molecule has 0 radical (unpaired) electrons. The van der Waals surface area contributed by atoms with Crippen molar-refractivity contribution in [2.75, 3.05) is 45.8 Å². The van der Waals surface area contributed by atoms with Gasteiger partial charge in [-0.3, -0.25) is 0 Å². The number of para-hydroxylation sites is 1. The quantitative estimate of drug-likeness (QED) is 0.722. The molecule has 0 aliphatic rings. The molecule has 0 aliphatic carbocycles. The van der Waals surface area contributed by atoms with Crippen molar-refractivity contribution in [1.82, 2.24) is 4.31 Å². The first-order valence-electron chi connectivity index (χ1n) is 5.94. The first-order chi connectivity index (χ1) is 9.07. The lowest BCUT2D eigenvalue weighted by molar-refractivity contribution is 0.168. The lowest BCUT2D eigenvalue weighted by atomic mass is 10.3. The van der Waals surface area contributed by atoms with Crippen LogP contribution in [0.2, 0.25) is 0 Å². The molecule has 108 valence electrons. The van der Waals surface area contributed by atoms with Crippen LogP contribution >= 0.6 is 0 Å².